The Morgan fingerprint density at radius 1 is 0.815 bits per heavy atom. The van der Waals surface area contributed by atoms with Crippen LogP contribution in [0.1, 0.15) is 71.1 Å². The molecule has 0 bridgehead atoms. The molecule has 152 valence electrons. The van der Waals surface area contributed by atoms with E-state index in [0.29, 0.717) is 0 Å². The fraction of sp³-hybridized carbons (Fsp3) is 0.950. The molecule has 5 rings (SSSR count). The number of hydrogen-bond donors (Lipinski definition) is 0. The van der Waals surface area contributed by atoms with Crippen molar-refractivity contribution in [2.75, 3.05) is 6.61 Å². The molecule has 5 aliphatic rings. The van der Waals surface area contributed by atoms with Crippen LogP contribution in [-0.2, 0) is 33.2 Å². The van der Waals surface area contributed by atoms with E-state index >= 15 is 0 Å². The number of hydrogen-bond acceptors (Lipinski definition) is 7. The van der Waals surface area contributed by atoms with E-state index in [1.165, 1.54) is 19.8 Å². The van der Waals surface area contributed by atoms with Crippen molar-refractivity contribution in [3.63, 3.8) is 0 Å². The minimum absolute atomic E-state index is 0.148. The van der Waals surface area contributed by atoms with Crippen molar-refractivity contribution in [2.45, 2.75) is 113 Å². The van der Waals surface area contributed by atoms with Crippen molar-refractivity contribution in [3.05, 3.63) is 0 Å². The molecule has 0 N–H and O–H groups in total. The summed E-state index contributed by atoms with van der Waals surface area (Å²) in [7, 11) is 0. The van der Waals surface area contributed by atoms with Gasteiger partial charge in [-0.3, -0.25) is 4.79 Å². The molecule has 2 spiro atoms. The zero-order valence-electron chi connectivity index (χ0n) is 16.0. The molecule has 5 atom stereocenters. The lowest BCUT2D eigenvalue weighted by Crippen LogP contribution is -2.56. The van der Waals surface area contributed by atoms with Crippen LogP contribution in [0.15, 0.2) is 0 Å². The second-order valence-electron chi connectivity index (χ2n) is 8.65. The van der Waals surface area contributed by atoms with E-state index < -0.39 is 24.0 Å². The molecule has 5 fully saturated rings. The van der Waals surface area contributed by atoms with Crippen LogP contribution in [0, 0.1) is 0 Å². The zero-order chi connectivity index (χ0) is 18.5. The fourth-order valence-corrected chi connectivity index (χ4v) is 5.37. The molecule has 0 aromatic heterocycles. The number of ether oxygens (including phenoxy) is 6. The van der Waals surface area contributed by atoms with Gasteiger partial charge in [-0.2, -0.15) is 0 Å². The van der Waals surface area contributed by atoms with Crippen LogP contribution in [0.3, 0.4) is 0 Å². The monoisotopic (exact) mass is 382 g/mol. The number of rotatable bonds is 2. The van der Waals surface area contributed by atoms with Crippen LogP contribution >= 0.6 is 0 Å². The lowest BCUT2D eigenvalue weighted by atomic mass is 9.94. The summed E-state index contributed by atoms with van der Waals surface area (Å²) in [6.45, 7) is 1.56. The largest absolute Gasteiger partial charge is 0.463 e. The van der Waals surface area contributed by atoms with Crippen molar-refractivity contribution in [1.82, 2.24) is 0 Å². The van der Waals surface area contributed by atoms with Crippen LogP contribution in [0.25, 0.3) is 0 Å². The van der Waals surface area contributed by atoms with Gasteiger partial charge in [-0.1, -0.05) is 12.8 Å². The lowest BCUT2D eigenvalue weighted by molar-refractivity contribution is -0.255. The van der Waals surface area contributed by atoms with E-state index in [1.54, 1.807) is 0 Å². The second kappa shape index (κ2) is 6.95. The Hall–Kier alpha value is -0.730. The average molecular weight is 382 g/mol. The second-order valence-corrected chi connectivity index (χ2v) is 8.65. The molecule has 0 aromatic rings. The number of carbonyl (C=O) groups is 1. The van der Waals surface area contributed by atoms with Gasteiger partial charge in [0.05, 0.1) is 0 Å². The van der Waals surface area contributed by atoms with Gasteiger partial charge in [-0.05, 0) is 25.7 Å². The first-order valence-electron chi connectivity index (χ1n) is 10.6. The summed E-state index contributed by atoms with van der Waals surface area (Å²) in [6, 6.07) is 0. The molecule has 2 saturated carbocycles. The molecule has 0 unspecified atom stereocenters. The summed E-state index contributed by atoms with van der Waals surface area (Å²) >= 11 is 0. The van der Waals surface area contributed by atoms with Gasteiger partial charge in [0.1, 0.15) is 31.0 Å². The SMILES string of the molecule is CC(=O)OC[C@H]1O[C@H]2OC3(CCCCC3)O[C@@H]2[C@H]2OC3(CCCCC3)O[C@@H]21. The molecule has 7 nitrogen and oxygen atoms in total. The van der Waals surface area contributed by atoms with Crippen molar-refractivity contribution in [1.29, 1.82) is 0 Å². The minimum Gasteiger partial charge on any atom is -0.463 e. The molecular weight excluding hydrogens is 352 g/mol. The van der Waals surface area contributed by atoms with Crippen molar-refractivity contribution < 1.29 is 33.2 Å². The van der Waals surface area contributed by atoms with Crippen LogP contribution < -0.4 is 0 Å². The standard InChI is InChI=1S/C20H30O7/c1-13(21)22-12-14-15-16(25-19(24-15)8-4-2-5-9-19)17-18(23-14)27-20(26-17)10-6-3-7-11-20/h14-18H,2-12H2,1H3/t14-,15-,16+,17-,18+/m1/s1. The van der Waals surface area contributed by atoms with Gasteiger partial charge in [-0.25, -0.2) is 0 Å². The molecule has 0 amide bonds. The summed E-state index contributed by atoms with van der Waals surface area (Å²) in [5, 5.41) is 0. The molecule has 7 heteroatoms. The molecule has 27 heavy (non-hydrogen) atoms. The Morgan fingerprint density at radius 3 is 2.00 bits per heavy atom. The quantitative estimate of drug-likeness (QED) is 0.680. The third-order valence-electron chi connectivity index (χ3n) is 6.66. The summed E-state index contributed by atoms with van der Waals surface area (Å²) < 4.78 is 37.2. The van der Waals surface area contributed by atoms with E-state index in [1.807, 2.05) is 0 Å². The predicted molar refractivity (Wildman–Crippen MR) is 92.6 cm³/mol. The Bertz CT molecular complexity index is 567. The first kappa shape index (κ1) is 18.3. The maximum absolute atomic E-state index is 11.3. The number of esters is 1. The smallest absolute Gasteiger partial charge is 0.302 e. The van der Waals surface area contributed by atoms with Crippen LogP contribution in [0.4, 0.5) is 0 Å². The van der Waals surface area contributed by atoms with Crippen molar-refractivity contribution >= 4 is 5.97 Å². The van der Waals surface area contributed by atoms with Crippen molar-refractivity contribution in [3.8, 4) is 0 Å². The minimum atomic E-state index is -0.555. The van der Waals surface area contributed by atoms with E-state index in [-0.39, 0.29) is 30.9 Å². The summed E-state index contributed by atoms with van der Waals surface area (Å²) in [4.78, 5) is 11.3. The third-order valence-corrected chi connectivity index (χ3v) is 6.66. The number of carbonyl (C=O) groups excluding carboxylic acids is 1. The highest BCUT2D eigenvalue weighted by Gasteiger charge is 2.64. The summed E-state index contributed by atoms with van der Waals surface area (Å²) in [6.07, 6.45) is 8.68. The fourth-order valence-electron chi connectivity index (χ4n) is 5.37. The Kier molecular flexibility index (Phi) is 4.71. The summed E-state index contributed by atoms with van der Waals surface area (Å²) in [5.41, 5.74) is 0. The maximum atomic E-state index is 11.3. The average Bonchev–Trinajstić information content (AvgIpc) is 3.19. The molecule has 2 aliphatic carbocycles. The van der Waals surface area contributed by atoms with E-state index in [2.05, 4.69) is 0 Å². The van der Waals surface area contributed by atoms with E-state index in [0.717, 1.165) is 51.4 Å². The maximum Gasteiger partial charge on any atom is 0.302 e. The molecule has 3 aliphatic heterocycles. The van der Waals surface area contributed by atoms with Crippen LogP contribution in [-0.4, -0.2) is 54.9 Å². The first-order valence-corrected chi connectivity index (χ1v) is 10.6. The van der Waals surface area contributed by atoms with Gasteiger partial charge in [0.2, 0.25) is 0 Å². The lowest BCUT2D eigenvalue weighted by Gasteiger charge is -2.36. The van der Waals surface area contributed by atoms with Crippen molar-refractivity contribution in [2.24, 2.45) is 0 Å². The highest BCUT2D eigenvalue weighted by molar-refractivity contribution is 5.65. The molecule has 0 aromatic carbocycles. The highest BCUT2D eigenvalue weighted by Crippen LogP contribution is 2.50. The van der Waals surface area contributed by atoms with E-state index in [4.69, 9.17) is 28.4 Å². The predicted octanol–water partition coefficient (Wildman–Crippen LogP) is 2.79. The van der Waals surface area contributed by atoms with Gasteiger partial charge in [0.25, 0.3) is 0 Å². The van der Waals surface area contributed by atoms with Gasteiger partial charge in [0, 0.05) is 32.6 Å². The van der Waals surface area contributed by atoms with Gasteiger partial charge < -0.3 is 28.4 Å². The highest BCUT2D eigenvalue weighted by atomic mass is 16.9. The Labute approximate surface area is 159 Å². The molecule has 3 heterocycles. The number of fused-ring (bicyclic) bond motifs is 3. The van der Waals surface area contributed by atoms with E-state index in [9.17, 15) is 4.79 Å². The normalized spacial score (nSPS) is 42.0. The third kappa shape index (κ3) is 3.31. The van der Waals surface area contributed by atoms with Gasteiger partial charge >= 0.3 is 5.97 Å². The van der Waals surface area contributed by atoms with Gasteiger partial charge in [0.15, 0.2) is 17.9 Å². The topological polar surface area (TPSA) is 72.5 Å². The van der Waals surface area contributed by atoms with Gasteiger partial charge in [-0.15, -0.1) is 0 Å². The molecule has 0 radical (unpaired) electrons. The molecule has 3 saturated heterocycles. The Morgan fingerprint density at radius 2 is 1.37 bits per heavy atom. The molecular formula is C20H30O7. The van der Waals surface area contributed by atoms with Crippen LogP contribution in [0.5, 0.6) is 0 Å². The van der Waals surface area contributed by atoms with Crippen LogP contribution in [0.2, 0.25) is 0 Å². The zero-order valence-corrected chi connectivity index (χ0v) is 16.0. The summed E-state index contributed by atoms with van der Waals surface area (Å²) in [5.74, 6) is -1.43. The first-order chi connectivity index (χ1) is 13.1. The Balaban J connectivity index is 1.38.